The number of hydrogen-bond acceptors (Lipinski definition) is 3. The van der Waals surface area contributed by atoms with Gasteiger partial charge in [0.1, 0.15) is 5.60 Å². The number of hydrogen-bond donors (Lipinski definition) is 0. The molecule has 0 bridgehead atoms. The molecule has 0 spiro atoms. The van der Waals surface area contributed by atoms with Gasteiger partial charge in [0.25, 0.3) is 0 Å². The van der Waals surface area contributed by atoms with Crippen LogP contribution in [0.5, 0.6) is 0 Å². The Hall–Kier alpha value is -0.410. The minimum Gasteiger partial charge on any atom is -0.356 e. The number of carbonyl (C=O) groups excluding carboxylic acids is 1. The summed E-state index contributed by atoms with van der Waals surface area (Å²) in [4.78, 5) is 11.0. The summed E-state index contributed by atoms with van der Waals surface area (Å²) < 4.78 is 10.4. The Bertz CT molecular complexity index is 167. The predicted octanol–water partition coefficient (Wildman–Crippen LogP) is 1.12. The number of ketones is 1. The first-order chi connectivity index (χ1) is 5.08. The molecule has 0 aromatic carbocycles. The normalized spacial score (nSPS) is 37.5. The third-order valence-corrected chi connectivity index (χ3v) is 2.26. The van der Waals surface area contributed by atoms with Crippen molar-refractivity contribution in [3.63, 3.8) is 0 Å². The number of rotatable bonds is 2. The Morgan fingerprint density at radius 1 is 1.73 bits per heavy atom. The zero-order valence-electron chi connectivity index (χ0n) is 7.22. The molecule has 0 saturated carbocycles. The van der Waals surface area contributed by atoms with Crippen molar-refractivity contribution < 1.29 is 14.3 Å². The van der Waals surface area contributed by atoms with Crippen LogP contribution in [0.3, 0.4) is 0 Å². The van der Waals surface area contributed by atoms with E-state index < -0.39 is 5.60 Å². The summed E-state index contributed by atoms with van der Waals surface area (Å²) in [6, 6.07) is 0. The highest BCUT2D eigenvalue weighted by Crippen LogP contribution is 2.30. The molecular weight excluding hydrogens is 144 g/mol. The summed E-state index contributed by atoms with van der Waals surface area (Å²) >= 11 is 0. The molecule has 2 atom stereocenters. The quantitative estimate of drug-likeness (QED) is 0.604. The lowest BCUT2D eigenvalue weighted by molar-refractivity contribution is -0.165. The first-order valence-electron chi connectivity index (χ1n) is 3.80. The van der Waals surface area contributed by atoms with Crippen molar-refractivity contribution in [1.29, 1.82) is 0 Å². The van der Waals surface area contributed by atoms with Crippen LogP contribution in [0.1, 0.15) is 26.7 Å². The topological polar surface area (TPSA) is 35.5 Å². The van der Waals surface area contributed by atoms with Crippen LogP contribution in [0, 0.1) is 0 Å². The second-order valence-corrected chi connectivity index (χ2v) is 3.11. The maximum atomic E-state index is 11.0. The lowest BCUT2D eigenvalue weighted by atomic mass is 9.99. The van der Waals surface area contributed by atoms with E-state index >= 15 is 0 Å². The largest absolute Gasteiger partial charge is 0.356 e. The maximum Gasteiger partial charge on any atom is 0.161 e. The summed E-state index contributed by atoms with van der Waals surface area (Å²) in [5, 5.41) is 0. The van der Waals surface area contributed by atoms with E-state index in [9.17, 15) is 4.79 Å². The van der Waals surface area contributed by atoms with Crippen LogP contribution in [-0.4, -0.2) is 24.8 Å². The fourth-order valence-electron chi connectivity index (χ4n) is 1.23. The van der Waals surface area contributed by atoms with E-state index in [1.165, 1.54) is 0 Å². The Balaban J connectivity index is 2.57. The van der Waals surface area contributed by atoms with E-state index in [1.807, 2.05) is 6.92 Å². The monoisotopic (exact) mass is 158 g/mol. The van der Waals surface area contributed by atoms with Crippen molar-refractivity contribution in [1.82, 2.24) is 0 Å². The Labute approximate surface area is 66.7 Å². The molecule has 1 aliphatic rings. The minimum atomic E-state index is -0.597. The van der Waals surface area contributed by atoms with Crippen LogP contribution in [0.25, 0.3) is 0 Å². The number of carbonyl (C=O) groups is 1. The van der Waals surface area contributed by atoms with Crippen molar-refractivity contribution in [3.8, 4) is 0 Å². The van der Waals surface area contributed by atoms with Crippen LogP contribution in [0.4, 0.5) is 0 Å². The predicted molar refractivity (Wildman–Crippen MR) is 40.2 cm³/mol. The first kappa shape index (κ1) is 8.68. The molecule has 0 unspecified atom stereocenters. The first-order valence-corrected chi connectivity index (χ1v) is 3.80. The molecule has 0 aliphatic carbocycles. The van der Waals surface area contributed by atoms with Crippen molar-refractivity contribution >= 4 is 5.78 Å². The number of ether oxygens (including phenoxy) is 2. The summed E-state index contributed by atoms with van der Waals surface area (Å²) in [7, 11) is 1.59. The van der Waals surface area contributed by atoms with Gasteiger partial charge in [-0.05, 0) is 20.3 Å². The Morgan fingerprint density at radius 2 is 2.36 bits per heavy atom. The number of methoxy groups -OCH3 is 1. The highest BCUT2D eigenvalue weighted by molar-refractivity contribution is 5.84. The van der Waals surface area contributed by atoms with Gasteiger partial charge in [0.15, 0.2) is 12.1 Å². The van der Waals surface area contributed by atoms with E-state index in [0.29, 0.717) is 0 Å². The molecule has 0 aromatic rings. The third-order valence-electron chi connectivity index (χ3n) is 2.26. The lowest BCUT2D eigenvalue weighted by Gasteiger charge is -2.20. The van der Waals surface area contributed by atoms with Gasteiger partial charge in [0.05, 0.1) is 0 Å². The summed E-state index contributed by atoms with van der Waals surface area (Å²) in [6.07, 6.45) is 1.39. The van der Waals surface area contributed by atoms with Gasteiger partial charge in [-0.1, -0.05) is 0 Å². The zero-order valence-corrected chi connectivity index (χ0v) is 7.22. The van der Waals surface area contributed by atoms with Gasteiger partial charge in [-0.25, -0.2) is 0 Å². The summed E-state index contributed by atoms with van der Waals surface area (Å²) in [5.41, 5.74) is -0.597. The minimum absolute atomic E-state index is 0.0806. The molecular formula is C8H14O3. The van der Waals surface area contributed by atoms with Crippen LogP contribution in [0.15, 0.2) is 0 Å². The van der Waals surface area contributed by atoms with Crippen molar-refractivity contribution in [2.45, 2.75) is 38.6 Å². The molecule has 3 heteroatoms. The average molecular weight is 158 g/mol. The van der Waals surface area contributed by atoms with Crippen LogP contribution >= 0.6 is 0 Å². The standard InChI is InChI=1S/C8H14O3/c1-6(9)8(2)5-4-7(10-3)11-8/h7H,4-5H2,1-3H3/t7-,8+/m1/s1. The molecule has 11 heavy (non-hydrogen) atoms. The molecule has 0 N–H and O–H groups in total. The molecule has 1 heterocycles. The van der Waals surface area contributed by atoms with E-state index in [4.69, 9.17) is 9.47 Å². The van der Waals surface area contributed by atoms with Gasteiger partial charge in [-0.2, -0.15) is 0 Å². The molecule has 64 valence electrons. The van der Waals surface area contributed by atoms with Crippen LogP contribution in [0.2, 0.25) is 0 Å². The van der Waals surface area contributed by atoms with E-state index in [-0.39, 0.29) is 12.1 Å². The Morgan fingerprint density at radius 3 is 2.64 bits per heavy atom. The molecule has 1 fully saturated rings. The summed E-state index contributed by atoms with van der Waals surface area (Å²) in [6.45, 7) is 3.37. The van der Waals surface area contributed by atoms with Gasteiger partial charge in [0.2, 0.25) is 0 Å². The molecule has 1 rings (SSSR count). The van der Waals surface area contributed by atoms with Crippen molar-refractivity contribution in [2.24, 2.45) is 0 Å². The van der Waals surface area contributed by atoms with Gasteiger partial charge < -0.3 is 9.47 Å². The van der Waals surface area contributed by atoms with Crippen LogP contribution in [-0.2, 0) is 14.3 Å². The molecule has 0 amide bonds. The summed E-state index contributed by atoms with van der Waals surface area (Å²) in [5.74, 6) is 0.0806. The average Bonchev–Trinajstić information content (AvgIpc) is 2.33. The SMILES string of the molecule is CO[C@H]1CC[C@@](C)(C(C)=O)O1. The second kappa shape index (κ2) is 2.91. The highest BCUT2D eigenvalue weighted by Gasteiger charge is 2.39. The number of Topliss-reactive ketones (excluding diaryl/α,β-unsaturated/α-hetero) is 1. The van der Waals surface area contributed by atoms with Gasteiger partial charge >= 0.3 is 0 Å². The smallest absolute Gasteiger partial charge is 0.161 e. The fourth-order valence-corrected chi connectivity index (χ4v) is 1.23. The maximum absolute atomic E-state index is 11.0. The van der Waals surface area contributed by atoms with Gasteiger partial charge in [0, 0.05) is 13.5 Å². The molecule has 0 aromatic heterocycles. The molecule has 0 radical (unpaired) electrons. The molecule has 3 nitrogen and oxygen atoms in total. The van der Waals surface area contributed by atoms with Crippen molar-refractivity contribution in [3.05, 3.63) is 0 Å². The second-order valence-electron chi connectivity index (χ2n) is 3.11. The van der Waals surface area contributed by atoms with E-state index in [0.717, 1.165) is 12.8 Å². The Kier molecular flexibility index (Phi) is 2.30. The zero-order chi connectivity index (χ0) is 8.48. The van der Waals surface area contributed by atoms with Gasteiger partial charge in [-0.15, -0.1) is 0 Å². The molecule has 1 aliphatic heterocycles. The van der Waals surface area contributed by atoms with Crippen molar-refractivity contribution in [2.75, 3.05) is 7.11 Å². The van der Waals surface area contributed by atoms with E-state index in [2.05, 4.69) is 0 Å². The highest BCUT2D eigenvalue weighted by atomic mass is 16.7. The molecule has 1 saturated heterocycles. The lowest BCUT2D eigenvalue weighted by Crippen LogP contribution is -2.33. The fraction of sp³-hybridized carbons (Fsp3) is 0.875. The van der Waals surface area contributed by atoms with Crippen LogP contribution < -0.4 is 0 Å². The van der Waals surface area contributed by atoms with E-state index in [1.54, 1.807) is 14.0 Å². The van der Waals surface area contributed by atoms with Gasteiger partial charge in [-0.3, -0.25) is 4.79 Å². The third kappa shape index (κ3) is 1.60.